The van der Waals surface area contributed by atoms with Crippen LogP contribution >= 0.6 is 22.9 Å². The summed E-state index contributed by atoms with van der Waals surface area (Å²) < 4.78 is 26.1. The largest absolute Gasteiger partial charge is 0.245 e. The van der Waals surface area contributed by atoms with Crippen LogP contribution in [0.5, 0.6) is 0 Å². The Morgan fingerprint density at radius 3 is 2.67 bits per heavy atom. The van der Waals surface area contributed by atoms with Gasteiger partial charge in [0.2, 0.25) is 10.0 Å². The van der Waals surface area contributed by atoms with Crippen LogP contribution < -0.4 is 0 Å². The van der Waals surface area contributed by atoms with E-state index >= 15 is 0 Å². The molecule has 7 heteroatoms. The number of aromatic nitrogens is 1. The van der Waals surface area contributed by atoms with Gasteiger partial charge in [-0.2, -0.15) is 4.31 Å². The standard InChI is InChI=1S/C14H17ClN2O2S2/c1-11-16-14(9-20-11)8-17(2)21(18,19)10-13-5-3-4-12(6-13)7-15/h3-6,9H,7-8,10H2,1-2H3. The summed E-state index contributed by atoms with van der Waals surface area (Å²) in [5.74, 6) is 0.346. The van der Waals surface area contributed by atoms with E-state index in [1.807, 2.05) is 30.5 Å². The highest BCUT2D eigenvalue weighted by Crippen LogP contribution is 2.16. The first-order chi connectivity index (χ1) is 9.90. The highest BCUT2D eigenvalue weighted by atomic mass is 35.5. The van der Waals surface area contributed by atoms with Gasteiger partial charge in [-0.25, -0.2) is 13.4 Å². The molecular formula is C14H17ClN2O2S2. The molecule has 0 atom stereocenters. The molecule has 1 aromatic carbocycles. The second-order valence-electron chi connectivity index (χ2n) is 4.82. The van der Waals surface area contributed by atoms with Crippen LogP contribution in [-0.2, 0) is 28.2 Å². The average molecular weight is 345 g/mol. The van der Waals surface area contributed by atoms with Gasteiger partial charge in [-0.15, -0.1) is 22.9 Å². The van der Waals surface area contributed by atoms with Crippen molar-refractivity contribution in [2.24, 2.45) is 0 Å². The van der Waals surface area contributed by atoms with Crippen LogP contribution in [0.3, 0.4) is 0 Å². The minimum atomic E-state index is -3.37. The van der Waals surface area contributed by atoms with E-state index in [1.165, 1.54) is 15.6 Å². The topological polar surface area (TPSA) is 50.3 Å². The summed E-state index contributed by atoms with van der Waals surface area (Å²) >= 11 is 7.29. The summed E-state index contributed by atoms with van der Waals surface area (Å²) in [5, 5.41) is 2.82. The van der Waals surface area contributed by atoms with Crippen molar-refractivity contribution in [3.8, 4) is 0 Å². The minimum absolute atomic E-state index is 0.0304. The van der Waals surface area contributed by atoms with Gasteiger partial charge in [-0.3, -0.25) is 0 Å². The van der Waals surface area contributed by atoms with Crippen molar-refractivity contribution < 1.29 is 8.42 Å². The lowest BCUT2D eigenvalue weighted by Crippen LogP contribution is -2.27. The first kappa shape index (κ1) is 16.4. The first-order valence-electron chi connectivity index (χ1n) is 6.39. The van der Waals surface area contributed by atoms with E-state index < -0.39 is 10.0 Å². The van der Waals surface area contributed by atoms with Crippen molar-refractivity contribution in [1.29, 1.82) is 0 Å². The predicted molar refractivity (Wildman–Crippen MR) is 86.9 cm³/mol. The number of hydrogen-bond donors (Lipinski definition) is 0. The first-order valence-corrected chi connectivity index (χ1v) is 9.42. The Morgan fingerprint density at radius 2 is 2.05 bits per heavy atom. The van der Waals surface area contributed by atoms with Crippen LogP contribution in [0.2, 0.25) is 0 Å². The van der Waals surface area contributed by atoms with Gasteiger partial charge in [-0.05, 0) is 18.1 Å². The van der Waals surface area contributed by atoms with Gasteiger partial charge >= 0.3 is 0 Å². The zero-order chi connectivity index (χ0) is 15.5. The molecule has 0 unspecified atom stereocenters. The summed E-state index contributed by atoms with van der Waals surface area (Å²) in [4.78, 5) is 4.29. The Morgan fingerprint density at radius 1 is 1.33 bits per heavy atom. The molecular weight excluding hydrogens is 328 g/mol. The Hall–Kier alpha value is -0.950. The second kappa shape index (κ2) is 6.87. The third-order valence-corrected chi connectivity index (χ3v) is 5.93. The molecule has 21 heavy (non-hydrogen) atoms. The fourth-order valence-corrected chi connectivity index (χ4v) is 3.85. The zero-order valence-corrected chi connectivity index (χ0v) is 14.3. The number of thiazole rings is 1. The fraction of sp³-hybridized carbons (Fsp3) is 0.357. The molecule has 0 spiro atoms. The molecule has 114 valence electrons. The maximum Gasteiger partial charge on any atom is 0.218 e. The highest BCUT2D eigenvalue weighted by molar-refractivity contribution is 7.88. The van der Waals surface area contributed by atoms with Crippen LogP contribution in [-0.4, -0.2) is 24.8 Å². The third-order valence-electron chi connectivity index (χ3n) is 3.02. The quantitative estimate of drug-likeness (QED) is 0.756. The molecule has 1 aromatic heterocycles. The molecule has 0 aliphatic carbocycles. The molecule has 0 aliphatic rings. The summed E-state index contributed by atoms with van der Waals surface area (Å²) in [7, 11) is -1.79. The molecule has 0 saturated carbocycles. The van der Waals surface area contributed by atoms with E-state index in [9.17, 15) is 8.42 Å². The normalized spacial score (nSPS) is 12.0. The molecule has 0 fully saturated rings. The molecule has 2 aromatic rings. The van der Waals surface area contributed by atoms with E-state index in [2.05, 4.69) is 4.98 Å². The van der Waals surface area contributed by atoms with Crippen LogP contribution in [0, 0.1) is 6.92 Å². The average Bonchev–Trinajstić information content (AvgIpc) is 2.83. The summed E-state index contributed by atoms with van der Waals surface area (Å²) in [6, 6.07) is 7.33. The van der Waals surface area contributed by atoms with E-state index in [0.29, 0.717) is 12.4 Å². The van der Waals surface area contributed by atoms with Gasteiger partial charge in [0.05, 0.1) is 23.0 Å². The Labute approximate surface area is 134 Å². The van der Waals surface area contributed by atoms with Gasteiger partial charge in [0.1, 0.15) is 0 Å². The van der Waals surface area contributed by atoms with E-state index in [0.717, 1.165) is 21.8 Å². The molecule has 1 heterocycles. The molecule has 4 nitrogen and oxygen atoms in total. The van der Waals surface area contributed by atoms with Crippen molar-refractivity contribution in [3.63, 3.8) is 0 Å². The monoisotopic (exact) mass is 344 g/mol. The molecule has 0 bridgehead atoms. The Bertz CT molecular complexity index is 713. The zero-order valence-electron chi connectivity index (χ0n) is 11.9. The molecule has 0 radical (unpaired) electrons. The SMILES string of the molecule is Cc1nc(CN(C)S(=O)(=O)Cc2cccc(CCl)c2)cs1. The molecule has 2 rings (SSSR count). The van der Waals surface area contributed by atoms with E-state index in [4.69, 9.17) is 11.6 Å². The van der Waals surface area contributed by atoms with E-state index in [-0.39, 0.29) is 5.75 Å². The molecule has 0 aliphatic heterocycles. The number of alkyl halides is 1. The lowest BCUT2D eigenvalue weighted by Gasteiger charge is -2.16. The fourth-order valence-electron chi connectivity index (χ4n) is 1.93. The number of sulfonamides is 1. The third kappa shape index (κ3) is 4.51. The van der Waals surface area contributed by atoms with Crippen LogP contribution in [0.1, 0.15) is 21.8 Å². The second-order valence-corrected chi connectivity index (χ2v) is 8.23. The predicted octanol–water partition coefficient (Wildman–Crippen LogP) is 3.15. The van der Waals surface area contributed by atoms with Gasteiger partial charge in [-0.1, -0.05) is 24.3 Å². The number of benzene rings is 1. The van der Waals surface area contributed by atoms with Gasteiger partial charge in [0, 0.05) is 18.3 Å². The van der Waals surface area contributed by atoms with Gasteiger partial charge in [0.25, 0.3) is 0 Å². The molecule has 0 saturated heterocycles. The number of halogens is 1. The van der Waals surface area contributed by atoms with Crippen molar-refractivity contribution in [2.45, 2.75) is 25.1 Å². The molecule has 0 N–H and O–H groups in total. The maximum absolute atomic E-state index is 12.4. The number of nitrogens with zero attached hydrogens (tertiary/aromatic N) is 2. The van der Waals surface area contributed by atoms with E-state index in [1.54, 1.807) is 13.1 Å². The Balaban J connectivity index is 2.09. The molecule has 0 amide bonds. The lowest BCUT2D eigenvalue weighted by molar-refractivity contribution is 0.462. The van der Waals surface area contributed by atoms with Crippen molar-refractivity contribution in [3.05, 3.63) is 51.5 Å². The van der Waals surface area contributed by atoms with Crippen LogP contribution in [0.25, 0.3) is 0 Å². The van der Waals surface area contributed by atoms with Crippen LogP contribution in [0.15, 0.2) is 29.6 Å². The lowest BCUT2D eigenvalue weighted by atomic mass is 10.2. The minimum Gasteiger partial charge on any atom is -0.245 e. The van der Waals surface area contributed by atoms with Crippen molar-refractivity contribution in [2.75, 3.05) is 7.05 Å². The number of rotatable bonds is 6. The number of hydrogen-bond acceptors (Lipinski definition) is 4. The summed E-state index contributed by atoms with van der Waals surface area (Å²) in [6.07, 6.45) is 0. The van der Waals surface area contributed by atoms with Gasteiger partial charge in [0.15, 0.2) is 0 Å². The van der Waals surface area contributed by atoms with Gasteiger partial charge < -0.3 is 0 Å². The van der Waals surface area contributed by atoms with Crippen molar-refractivity contribution in [1.82, 2.24) is 9.29 Å². The van der Waals surface area contributed by atoms with Crippen LogP contribution in [0.4, 0.5) is 0 Å². The summed E-state index contributed by atoms with van der Waals surface area (Å²) in [5.41, 5.74) is 2.44. The van der Waals surface area contributed by atoms with Crippen molar-refractivity contribution >= 4 is 33.0 Å². The Kier molecular flexibility index (Phi) is 5.37. The highest BCUT2D eigenvalue weighted by Gasteiger charge is 2.19. The maximum atomic E-state index is 12.4. The number of aryl methyl sites for hydroxylation is 1. The smallest absolute Gasteiger partial charge is 0.218 e. The summed E-state index contributed by atoms with van der Waals surface area (Å²) in [6.45, 7) is 2.20.